The summed E-state index contributed by atoms with van der Waals surface area (Å²) >= 11 is 0. The molecule has 0 saturated carbocycles. The van der Waals surface area contributed by atoms with Gasteiger partial charge in [0, 0.05) is 6.08 Å². The molecule has 6 nitrogen and oxygen atoms in total. The smallest absolute Gasteiger partial charge is 0.462 e. The van der Waals surface area contributed by atoms with Crippen LogP contribution >= 0.6 is 7.82 Å². The molecule has 2 unspecified atom stereocenters. The summed E-state index contributed by atoms with van der Waals surface area (Å²) in [6.07, 6.45) is 9.92. The first-order valence-corrected chi connectivity index (χ1v) is 11.3. The summed E-state index contributed by atoms with van der Waals surface area (Å²) in [4.78, 5) is 27.7. The predicted octanol–water partition coefficient (Wildman–Crippen LogP) is 5.24. The fourth-order valence-corrected chi connectivity index (χ4v) is 2.66. The van der Waals surface area contributed by atoms with Crippen molar-refractivity contribution in [1.29, 1.82) is 0 Å². The molecule has 2 N–H and O–H groups in total. The van der Waals surface area contributed by atoms with E-state index in [0.717, 1.165) is 38.5 Å². The lowest BCUT2D eigenvalue weighted by atomic mass is 10.0. The third-order valence-corrected chi connectivity index (χ3v) is 4.68. The first-order chi connectivity index (χ1) is 12.2. The molecule has 0 amide bonds. The Morgan fingerprint density at radius 3 is 1.81 bits per heavy atom. The normalized spacial score (nSPS) is 13.3. The standard InChI is InChI=1S/C11H20O2.C8H19O4P/c1-4-7-8-10(5-2)9-13-11(12)6-3;1-3-5-6-8(4-2)7-12-13(9,10)11/h6,10H,3-5,7-9H2,1-2H3;8H,3-7H2,1-2H3,(H2,9,10,11). The quantitative estimate of drug-likeness (QED) is 0.238. The number of hydrogen-bond donors (Lipinski definition) is 2. The molecule has 0 fully saturated rings. The topological polar surface area (TPSA) is 93.1 Å². The second-order valence-electron chi connectivity index (χ2n) is 6.45. The molecule has 0 rings (SSSR count). The average molecular weight is 394 g/mol. The molecule has 0 heterocycles. The van der Waals surface area contributed by atoms with Gasteiger partial charge in [0.15, 0.2) is 0 Å². The van der Waals surface area contributed by atoms with E-state index in [0.29, 0.717) is 12.5 Å². The third-order valence-electron chi connectivity index (χ3n) is 4.19. The van der Waals surface area contributed by atoms with E-state index < -0.39 is 7.82 Å². The Morgan fingerprint density at radius 2 is 1.46 bits per heavy atom. The van der Waals surface area contributed by atoms with Crippen molar-refractivity contribution in [2.24, 2.45) is 11.8 Å². The zero-order valence-corrected chi connectivity index (χ0v) is 17.9. The molecule has 2 atom stereocenters. The van der Waals surface area contributed by atoms with E-state index in [-0.39, 0.29) is 18.5 Å². The van der Waals surface area contributed by atoms with Crippen LogP contribution in [0.2, 0.25) is 0 Å². The fourth-order valence-electron chi connectivity index (χ4n) is 2.26. The van der Waals surface area contributed by atoms with Crippen LogP contribution in [0, 0.1) is 11.8 Å². The number of unbranched alkanes of at least 4 members (excludes halogenated alkanes) is 2. The van der Waals surface area contributed by atoms with Crippen molar-refractivity contribution in [2.45, 2.75) is 79.1 Å². The Bertz CT molecular complexity index is 393. The fraction of sp³-hybridized carbons (Fsp3) is 0.842. The van der Waals surface area contributed by atoms with Crippen molar-refractivity contribution in [3.63, 3.8) is 0 Å². The zero-order chi connectivity index (χ0) is 20.4. The minimum atomic E-state index is -4.26. The number of phosphoric acid groups is 1. The molecule has 0 bridgehead atoms. The molecule has 0 aliphatic heterocycles. The Labute approximate surface area is 159 Å². The number of rotatable bonds is 14. The summed E-state index contributed by atoms with van der Waals surface area (Å²) in [5.41, 5.74) is 0. The van der Waals surface area contributed by atoms with Gasteiger partial charge in [-0.05, 0) is 24.7 Å². The summed E-state index contributed by atoms with van der Waals surface area (Å²) in [5, 5.41) is 0. The Kier molecular flexibility index (Phi) is 18.8. The van der Waals surface area contributed by atoms with Crippen molar-refractivity contribution in [1.82, 2.24) is 0 Å². The molecule has 0 spiro atoms. The Hall–Kier alpha value is -0.680. The van der Waals surface area contributed by atoms with Gasteiger partial charge in [0.05, 0.1) is 13.2 Å². The van der Waals surface area contributed by atoms with Crippen LogP contribution in [-0.4, -0.2) is 29.0 Å². The second-order valence-corrected chi connectivity index (χ2v) is 7.69. The summed E-state index contributed by atoms with van der Waals surface area (Å²) in [6, 6.07) is 0. The van der Waals surface area contributed by atoms with Gasteiger partial charge in [0.1, 0.15) is 0 Å². The predicted molar refractivity (Wildman–Crippen MR) is 106 cm³/mol. The van der Waals surface area contributed by atoms with E-state index in [1.54, 1.807) is 0 Å². The monoisotopic (exact) mass is 394 g/mol. The lowest BCUT2D eigenvalue weighted by molar-refractivity contribution is -0.139. The SMILES string of the molecule is C=CC(=O)OCC(CC)CCCC.CCCCC(CC)COP(=O)(O)O. The van der Waals surface area contributed by atoms with Gasteiger partial charge in [-0.25, -0.2) is 9.36 Å². The van der Waals surface area contributed by atoms with Crippen LogP contribution in [0.15, 0.2) is 12.7 Å². The molecule has 156 valence electrons. The van der Waals surface area contributed by atoms with Crippen LogP contribution in [0.4, 0.5) is 0 Å². The first kappa shape index (κ1) is 27.5. The van der Waals surface area contributed by atoms with Gasteiger partial charge in [0.25, 0.3) is 0 Å². The van der Waals surface area contributed by atoms with Crippen LogP contribution in [-0.2, 0) is 18.6 Å². The van der Waals surface area contributed by atoms with E-state index in [1.165, 1.54) is 18.9 Å². The van der Waals surface area contributed by atoms with Gasteiger partial charge in [-0.3, -0.25) is 4.52 Å². The minimum absolute atomic E-state index is 0.167. The van der Waals surface area contributed by atoms with Gasteiger partial charge in [-0.2, -0.15) is 0 Å². The molecule has 0 aliphatic carbocycles. The summed E-state index contributed by atoms with van der Waals surface area (Å²) in [7, 11) is -4.26. The van der Waals surface area contributed by atoms with Crippen LogP contribution in [0.1, 0.15) is 79.1 Å². The highest BCUT2D eigenvalue weighted by Gasteiger charge is 2.16. The van der Waals surface area contributed by atoms with Crippen molar-refractivity contribution in [3.05, 3.63) is 12.7 Å². The highest BCUT2D eigenvalue weighted by atomic mass is 31.2. The van der Waals surface area contributed by atoms with E-state index in [4.69, 9.17) is 14.5 Å². The van der Waals surface area contributed by atoms with Crippen molar-refractivity contribution < 1.29 is 28.4 Å². The molecular formula is C19H39O6P. The largest absolute Gasteiger partial charge is 0.469 e. The zero-order valence-electron chi connectivity index (χ0n) is 17.0. The number of ether oxygens (including phenoxy) is 1. The van der Waals surface area contributed by atoms with Crippen LogP contribution in [0.3, 0.4) is 0 Å². The van der Waals surface area contributed by atoms with Crippen molar-refractivity contribution >= 4 is 13.8 Å². The molecule has 7 heteroatoms. The molecular weight excluding hydrogens is 355 g/mol. The minimum Gasteiger partial charge on any atom is -0.462 e. The van der Waals surface area contributed by atoms with E-state index in [9.17, 15) is 9.36 Å². The van der Waals surface area contributed by atoms with Crippen molar-refractivity contribution in [3.8, 4) is 0 Å². The van der Waals surface area contributed by atoms with Crippen LogP contribution in [0.25, 0.3) is 0 Å². The van der Waals surface area contributed by atoms with Gasteiger partial charge < -0.3 is 14.5 Å². The molecule has 26 heavy (non-hydrogen) atoms. The van der Waals surface area contributed by atoms with Crippen molar-refractivity contribution in [2.75, 3.05) is 13.2 Å². The van der Waals surface area contributed by atoms with E-state index in [1.807, 2.05) is 6.92 Å². The molecule has 0 aliphatic rings. The number of phosphoric ester groups is 1. The van der Waals surface area contributed by atoms with Crippen LogP contribution in [0.5, 0.6) is 0 Å². The van der Waals surface area contributed by atoms with Gasteiger partial charge in [0.2, 0.25) is 0 Å². The average Bonchev–Trinajstić information content (AvgIpc) is 2.61. The lowest BCUT2D eigenvalue weighted by Crippen LogP contribution is -2.12. The maximum Gasteiger partial charge on any atom is 0.469 e. The maximum atomic E-state index is 10.8. The highest BCUT2D eigenvalue weighted by Crippen LogP contribution is 2.36. The lowest BCUT2D eigenvalue weighted by Gasteiger charge is -2.14. The van der Waals surface area contributed by atoms with E-state index >= 15 is 0 Å². The number of carbonyl (C=O) groups is 1. The molecule has 0 saturated heterocycles. The Balaban J connectivity index is 0. The third kappa shape index (κ3) is 19.6. The van der Waals surface area contributed by atoms with Crippen LogP contribution < -0.4 is 0 Å². The molecule has 0 aromatic heterocycles. The molecule has 0 aromatic rings. The number of hydrogen-bond acceptors (Lipinski definition) is 4. The highest BCUT2D eigenvalue weighted by molar-refractivity contribution is 7.46. The number of carbonyl (C=O) groups excluding carboxylic acids is 1. The molecule has 0 radical (unpaired) electrons. The first-order valence-electron chi connectivity index (χ1n) is 9.73. The maximum absolute atomic E-state index is 10.8. The second kappa shape index (κ2) is 17.7. The van der Waals surface area contributed by atoms with E-state index in [2.05, 4.69) is 31.9 Å². The summed E-state index contributed by atoms with van der Waals surface area (Å²) < 4.78 is 19.8. The Morgan fingerprint density at radius 1 is 1.00 bits per heavy atom. The molecule has 0 aromatic carbocycles. The number of esters is 1. The van der Waals surface area contributed by atoms with Gasteiger partial charge >= 0.3 is 13.8 Å². The summed E-state index contributed by atoms with van der Waals surface area (Å²) in [5.74, 6) is 0.478. The van der Waals surface area contributed by atoms with Gasteiger partial charge in [-0.1, -0.05) is 72.8 Å². The summed E-state index contributed by atoms with van der Waals surface area (Å²) in [6.45, 7) is 12.5. The van der Waals surface area contributed by atoms with Gasteiger partial charge in [-0.15, -0.1) is 0 Å².